The van der Waals surface area contributed by atoms with Crippen LogP contribution in [0, 0.1) is 11.8 Å². The first-order valence-corrected chi connectivity index (χ1v) is 7.11. The number of nitrogens with zero attached hydrogens (tertiary/aromatic N) is 1. The Kier molecular flexibility index (Phi) is 7.53. The number of nitrogens with one attached hydrogen (secondary N) is 2. The molecular formula is C15H20Cl3N3. The van der Waals surface area contributed by atoms with Gasteiger partial charge in [-0.3, -0.25) is 0 Å². The molecule has 0 amide bonds. The van der Waals surface area contributed by atoms with Crippen molar-refractivity contribution >= 4 is 36.4 Å². The summed E-state index contributed by atoms with van der Waals surface area (Å²) in [6.45, 7) is 2.02. The third kappa shape index (κ3) is 5.51. The van der Waals surface area contributed by atoms with E-state index in [1.54, 1.807) is 6.33 Å². The van der Waals surface area contributed by atoms with Crippen molar-refractivity contribution in [1.82, 2.24) is 15.3 Å². The highest BCUT2D eigenvalue weighted by Gasteiger charge is 2.36. The molecule has 0 radical (unpaired) electrons. The molecule has 1 aliphatic rings. The average Bonchev–Trinajstić information content (AvgIpc) is 2.93. The summed E-state index contributed by atoms with van der Waals surface area (Å²) in [6, 6.07) is 8.03. The summed E-state index contributed by atoms with van der Waals surface area (Å²) in [5.74, 6) is 1.63. The minimum absolute atomic E-state index is 0. The van der Waals surface area contributed by atoms with Crippen molar-refractivity contribution in [3.05, 3.63) is 53.1 Å². The van der Waals surface area contributed by atoms with Crippen LogP contribution in [0.15, 0.2) is 36.8 Å². The normalized spacial score (nSPS) is 19.5. The molecule has 21 heavy (non-hydrogen) atoms. The van der Waals surface area contributed by atoms with Crippen LogP contribution in [0.2, 0.25) is 5.02 Å². The molecular weight excluding hydrogens is 329 g/mol. The average molecular weight is 349 g/mol. The Balaban J connectivity index is 0.00000110. The third-order valence-corrected chi connectivity index (χ3v) is 4.01. The highest BCUT2D eigenvalue weighted by molar-refractivity contribution is 6.30. The molecule has 1 heterocycles. The molecule has 1 aromatic carbocycles. The van der Waals surface area contributed by atoms with E-state index in [1.165, 1.54) is 17.7 Å². The second-order valence-corrected chi connectivity index (χ2v) is 5.73. The van der Waals surface area contributed by atoms with Gasteiger partial charge in [-0.1, -0.05) is 23.7 Å². The largest absolute Gasteiger partial charge is 0.348 e. The molecule has 2 atom stereocenters. The molecule has 0 bridgehead atoms. The number of aromatic nitrogens is 2. The molecule has 1 aromatic heterocycles. The van der Waals surface area contributed by atoms with Crippen molar-refractivity contribution in [2.75, 3.05) is 6.54 Å². The van der Waals surface area contributed by atoms with Gasteiger partial charge in [0.2, 0.25) is 0 Å². The molecule has 2 N–H and O–H groups in total. The van der Waals surface area contributed by atoms with E-state index < -0.39 is 0 Å². The van der Waals surface area contributed by atoms with Crippen molar-refractivity contribution in [3.63, 3.8) is 0 Å². The van der Waals surface area contributed by atoms with E-state index in [-0.39, 0.29) is 24.8 Å². The number of rotatable bonds is 6. The summed E-state index contributed by atoms with van der Waals surface area (Å²) in [7, 11) is 0. The molecule has 1 aliphatic carbocycles. The van der Waals surface area contributed by atoms with Crippen molar-refractivity contribution in [2.45, 2.75) is 19.4 Å². The molecule has 6 heteroatoms. The zero-order valence-electron chi connectivity index (χ0n) is 11.6. The summed E-state index contributed by atoms with van der Waals surface area (Å²) in [5, 5.41) is 4.32. The van der Waals surface area contributed by atoms with E-state index in [4.69, 9.17) is 11.6 Å². The van der Waals surface area contributed by atoms with Crippen LogP contribution in [-0.4, -0.2) is 16.5 Å². The molecule has 0 unspecified atom stereocenters. The maximum absolute atomic E-state index is 5.86. The molecule has 0 spiro atoms. The first kappa shape index (κ1) is 18.3. The molecule has 0 saturated heterocycles. The number of benzene rings is 1. The summed E-state index contributed by atoms with van der Waals surface area (Å²) in [4.78, 5) is 7.23. The van der Waals surface area contributed by atoms with E-state index in [1.807, 2.05) is 18.3 Å². The van der Waals surface area contributed by atoms with E-state index in [2.05, 4.69) is 27.4 Å². The van der Waals surface area contributed by atoms with Crippen LogP contribution in [0.25, 0.3) is 0 Å². The predicted molar refractivity (Wildman–Crippen MR) is 91.5 cm³/mol. The van der Waals surface area contributed by atoms with Crippen molar-refractivity contribution in [2.24, 2.45) is 11.8 Å². The summed E-state index contributed by atoms with van der Waals surface area (Å²) in [5.41, 5.74) is 2.54. The van der Waals surface area contributed by atoms with Gasteiger partial charge in [-0.05, 0) is 48.9 Å². The minimum Gasteiger partial charge on any atom is -0.348 e. The summed E-state index contributed by atoms with van der Waals surface area (Å²) >= 11 is 5.86. The number of H-pyrrole nitrogens is 1. The van der Waals surface area contributed by atoms with Crippen LogP contribution in [0.3, 0.4) is 0 Å². The monoisotopic (exact) mass is 347 g/mol. The van der Waals surface area contributed by atoms with Gasteiger partial charge in [0.15, 0.2) is 0 Å². The van der Waals surface area contributed by atoms with Crippen LogP contribution < -0.4 is 5.32 Å². The Morgan fingerprint density at radius 1 is 1.19 bits per heavy atom. The first-order chi connectivity index (χ1) is 9.31. The highest BCUT2D eigenvalue weighted by Crippen LogP contribution is 2.40. The number of imidazole rings is 1. The second-order valence-electron chi connectivity index (χ2n) is 5.29. The number of halogens is 3. The Labute approximate surface area is 142 Å². The van der Waals surface area contributed by atoms with Gasteiger partial charge in [0, 0.05) is 23.5 Å². The lowest BCUT2D eigenvalue weighted by Crippen LogP contribution is -2.17. The summed E-state index contributed by atoms with van der Waals surface area (Å²) in [6.07, 6.45) is 6.14. The zero-order valence-corrected chi connectivity index (χ0v) is 14.0. The van der Waals surface area contributed by atoms with E-state index in [0.717, 1.165) is 36.4 Å². The summed E-state index contributed by atoms with van der Waals surface area (Å²) < 4.78 is 0. The maximum atomic E-state index is 5.86. The van der Waals surface area contributed by atoms with Gasteiger partial charge in [0.25, 0.3) is 0 Å². The quantitative estimate of drug-likeness (QED) is 0.832. The smallest absolute Gasteiger partial charge is 0.0921 e. The minimum atomic E-state index is 0. The molecule has 1 saturated carbocycles. The van der Waals surface area contributed by atoms with Gasteiger partial charge in [-0.15, -0.1) is 24.8 Å². The molecule has 2 aromatic rings. The molecule has 3 rings (SSSR count). The second kappa shape index (κ2) is 8.64. The van der Waals surface area contributed by atoms with E-state index in [0.29, 0.717) is 0 Å². The van der Waals surface area contributed by atoms with Gasteiger partial charge >= 0.3 is 0 Å². The van der Waals surface area contributed by atoms with Gasteiger partial charge in [-0.25, -0.2) is 4.98 Å². The van der Waals surface area contributed by atoms with Crippen molar-refractivity contribution in [3.8, 4) is 0 Å². The molecule has 1 fully saturated rings. The lowest BCUT2D eigenvalue weighted by Gasteiger charge is -2.04. The van der Waals surface area contributed by atoms with E-state index in [9.17, 15) is 0 Å². The fourth-order valence-corrected chi connectivity index (χ4v) is 2.62. The van der Waals surface area contributed by atoms with Gasteiger partial charge in [0.1, 0.15) is 0 Å². The number of aromatic amines is 1. The molecule has 116 valence electrons. The zero-order chi connectivity index (χ0) is 13.1. The van der Waals surface area contributed by atoms with E-state index >= 15 is 0 Å². The van der Waals surface area contributed by atoms with Gasteiger partial charge in [-0.2, -0.15) is 0 Å². The van der Waals surface area contributed by atoms with Crippen molar-refractivity contribution in [1.29, 1.82) is 0 Å². The first-order valence-electron chi connectivity index (χ1n) is 6.73. The Morgan fingerprint density at radius 2 is 1.95 bits per heavy atom. The predicted octanol–water partition coefficient (Wildman–Crippen LogP) is 3.88. The molecule has 3 nitrogen and oxygen atoms in total. The molecule has 0 aliphatic heterocycles. The standard InChI is InChI=1S/C15H18ClN3.2ClH/c16-14-3-1-11(2-4-14)7-17-8-13-5-12(13)6-15-9-18-10-19-15;;/h1-4,9-10,12-13,17H,5-8H2,(H,18,19);2*1H/t12-,13+;;/m1../s1. The fraction of sp³-hybridized carbons (Fsp3) is 0.400. The lowest BCUT2D eigenvalue weighted by atomic mass is 10.2. The SMILES string of the molecule is Cl.Cl.Clc1ccc(CNC[C@@H]2C[C@@H]2Cc2cnc[nH]2)cc1. The highest BCUT2D eigenvalue weighted by atomic mass is 35.5. The Bertz CT molecular complexity index is 513. The third-order valence-electron chi connectivity index (χ3n) is 3.75. The van der Waals surface area contributed by atoms with Gasteiger partial charge < -0.3 is 10.3 Å². The lowest BCUT2D eigenvalue weighted by molar-refractivity contribution is 0.594. The Morgan fingerprint density at radius 3 is 2.62 bits per heavy atom. The van der Waals surface area contributed by atoms with Crippen LogP contribution in [-0.2, 0) is 13.0 Å². The topological polar surface area (TPSA) is 40.7 Å². The van der Waals surface area contributed by atoms with Crippen molar-refractivity contribution < 1.29 is 0 Å². The Hall–Kier alpha value is -0.740. The number of hydrogen-bond donors (Lipinski definition) is 2. The van der Waals surface area contributed by atoms with Crippen LogP contribution in [0.4, 0.5) is 0 Å². The van der Waals surface area contributed by atoms with Crippen LogP contribution >= 0.6 is 36.4 Å². The van der Waals surface area contributed by atoms with Crippen LogP contribution in [0.1, 0.15) is 17.7 Å². The van der Waals surface area contributed by atoms with Gasteiger partial charge in [0.05, 0.1) is 6.33 Å². The fourth-order valence-electron chi connectivity index (χ4n) is 2.49. The van der Waals surface area contributed by atoms with Crippen LogP contribution in [0.5, 0.6) is 0 Å². The number of hydrogen-bond acceptors (Lipinski definition) is 2. The maximum Gasteiger partial charge on any atom is 0.0921 e.